The third-order valence-electron chi connectivity index (χ3n) is 4.55. The van der Waals surface area contributed by atoms with E-state index in [4.69, 9.17) is 11.6 Å². The third kappa shape index (κ3) is 5.55. The quantitative estimate of drug-likeness (QED) is 0.520. The van der Waals surface area contributed by atoms with Crippen LogP contribution in [0.25, 0.3) is 0 Å². The second-order valence-corrected chi connectivity index (χ2v) is 7.75. The fourth-order valence-electron chi connectivity index (χ4n) is 2.73. The van der Waals surface area contributed by atoms with E-state index < -0.39 is 47.7 Å². The van der Waals surface area contributed by atoms with E-state index in [1.165, 1.54) is 20.8 Å². The minimum atomic E-state index is -4.59. The highest BCUT2D eigenvalue weighted by Gasteiger charge is 2.51. The molecule has 7 nitrogen and oxygen atoms in total. The first kappa shape index (κ1) is 23.3. The van der Waals surface area contributed by atoms with E-state index in [1.54, 1.807) is 0 Å². The Balaban J connectivity index is 1.96. The van der Waals surface area contributed by atoms with Crippen LogP contribution >= 0.6 is 11.6 Å². The number of β-amino-alcohol motifs (C(OH)–C–C–N with tert-alkyl or cyclic N) is 1. The highest BCUT2D eigenvalue weighted by Crippen LogP contribution is 2.29. The topological polar surface area (TPSA) is 91.8 Å². The second kappa shape index (κ2) is 8.04. The van der Waals surface area contributed by atoms with E-state index in [0.29, 0.717) is 0 Å². The Morgan fingerprint density at radius 3 is 2.55 bits per heavy atom. The molecule has 1 unspecified atom stereocenters. The van der Waals surface area contributed by atoms with Gasteiger partial charge in [-0.2, -0.15) is 13.2 Å². The average molecular weight is 442 g/mol. The van der Waals surface area contributed by atoms with E-state index in [0.717, 1.165) is 17.2 Å². The molecule has 0 spiro atoms. The monoisotopic (exact) mass is 441 g/mol. The number of aliphatic hydroxyl groups is 1. The fourth-order valence-corrected chi connectivity index (χ4v) is 2.89. The number of alkyl halides is 3. The first-order valence-electron chi connectivity index (χ1n) is 8.49. The summed E-state index contributed by atoms with van der Waals surface area (Å²) in [5.41, 5.74) is -3.66. The number of carbonyl (C=O) groups is 2. The van der Waals surface area contributed by atoms with Crippen molar-refractivity contribution >= 4 is 23.4 Å². The van der Waals surface area contributed by atoms with E-state index >= 15 is 0 Å². The molecule has 2 heterocycles. The van der Waals surface area contributed by atoms with Gasteiger partial charge in [0.2, 0.25) is 0 Å². The lowest BCUT2D eigenvalue weighted by molar-refractivity contribution is -0.212. The Labute approximate surface area is 169 Å². The zero-order valence-electron chi connectivity index (χ0n) is 15.8. The summed E-state index contributed by atoms with van der Waals surface area (Å²) in [4.78, 5) is 29.2. The van der Waals surface area contributed by atoms with Gasteiger partial charge in [0.1, 0.15) is 23.0 Å². The summed E-state index contributed by atoms with van der Waals surface area (Å²) in [6.07, 6.45) is -3.80. The molecule has 2 amide bonds. The predicted octanol–water partition coefficient (Wildman–Crippen LogP) is 1.92. The largest absolute Gasteiger partial charge is 0.411 e. The molecule has 2 N–H and O–H groups in total. The molecule has 0 saturated carbocycles. The molecule has 2 rings (SSSR count). The number of likely N-dealkylation sites (tertiary alicyclic amines) is 1. The second-order valence-electron chi connectivity index (χ2n) is 7.36. The number of amides is 2. The molecular formula is C17H20ClF4N3O4. The molecule has 0 aliphatic carbocycles. The van der Waals surface area contributed by atoms with Crippen molar-refractivity contribution in [2.24, 2.45) is 0 Å². The van der Waals surface area contributed by atoms with Gasteiger partial charge >= 0.3 is 6.18 Å². The number of nitrogens with one attached hydrogen (secondary N) is 1. The van der Waals surface area contributed by atoms with Crippen LogP contribution in [0.2, 0.25) is 5.15 Å². The van der Waals surface area contributed by atoms with Gasteiger partial charge in [-0.15, -0.1) is 0 Å². The number of hydrogen-bond acceptors (Lipinski definition) is 5. The molecule has 1 aliphatic heterocycles. The maximum atomic E-state index is 13.7. The lowest BCUT2D eigenvalue weighted by Crippen LogP contribution is -2.73. The number of pyridine rings is 1. The van der Waals surface area contributed by atoms with Gasteiger partial charge in [-0.25, -0.2) is 9.37 Å². The van der Waals surface area contributed by atoms with Crippen LogP contribution in [0, 0.1) is 5.82 Å². The SMILES string of the molecule is CC(NC(=O)c1cc(Cl)ncc1F)C1(O)CN(C(=O)C(C)(C)OCC(F)(F)F)C1. The van der Waals surface area contributed by atoms with Crippen molar-refractivity contribution in [2.75, 3.05) is 19.7 Å². The van der Waals surface area contributed by atoms with E-state index in [1.807, 2.05) is 0 Å². The lowest BCUT2D eigenvalue weighted by Gasteiger charge is -2.51. The molecule has 12 heteroatoms. The highest BCUT2D eigenvalue weighted by atomic mass is 35.5. The number of aromatic nitrogens is 1. The van der Waals surface area contributed by atoms with Gasteiger partial charge in [-0.3, -0.25) is 9.59 Å². The van der Waals surface area contributed by atoms with Gasteiger partial charge in [0, 0.05) is 0 Å². The number of rotatable bonds is 6. The summed E-state index contributed by atoms with van der Waals surface area (Å²) in [6.45, 7) is 1.76. The Hall–Kier alpha value is -1.98. The van der Waals surface area contributed by atoms with Crippen LogP contribution in [0.5, 0.6) is 0 Å². The third-order valence-corrected chi connectivity index (χ3v) is 4.76. The molecule has 0 bridgehead atoms. The maximum absolute atomic E-state index is 13.7. The van der Waals surface area contributed by atoms with E-state index in [-0.39, 0.29) is 23.8 Å². The maximum Gasteiger partial charge on any atom is 0.411 e. The molecule has 1 aromatic heterocycles. The molecular weight excluding hydrogens is 422 g/mol. The summed E-state index contributed by atoms with van der Waals surface area (Å²) in [5, 5.41) is 12.9. The zero-order chi connectivity index (χ0) is 22.2. The van der Waals surface area contributed by atoms with Crippen molar-refractivity contribution in [2.45, 2.75) is 44.2 Å². The van der Waals surface area contributed by atoms with Crippen LogP contribution in [0.15, 0.2) is 12.3 Å². The Morgan fingerprint density at radius 1 is 1.41 bits per heavy atom. The number of ether oxygens (including phenoxy) is 1. The van der Waals surface area contributed by atoms with Crippen LogP contribution in [-0.4, -0.2) is 69.9 Å². The van der Waals surface area contributed by atoms with Gasteiger partial charge in [-0.1, -0.05) is 11.6 Å². The minimum absolute atomic E-state index is 0.0931. The van der Waals surface area contributed by atoms with Crippen LogP contribution in [0.1, 0.15) is 31.1 Å². The van der Waals surface area contributed by atoms with Crippen LogP contribution < -0.4 is 5.32 Å². The summed E-state index contributed by atoms with van der Waals surface area (Å²) in [6, 6.07) is 0.129. The molecule has 1 aromatic rings. The lowest BCUT2D eigenvalue weighted by atomic mass is 9.85. The van der Waals surface area contributed by atoms with Crippen LogP contribution in [-0.2, 0) is 9.53 Å². The first-order valence-corrected chi connectivity index (χ1v) is 8.87. The Morgan fingerprint density at radius 2 is 2.00 bits per heavy atom. The zero-order valence-corrected chi connectivity index (χ0v) is 16.6. The molecule has 1 atom stereocenters. The number of nitrogens with zero attached hydrogens (tertiary/aromatic N) is 2. The first-order chi connectivity index (χ1) is 13.1. The van der Waals surface area contributed by atoms with Gasteiger partial charge in [0.15, 0.2) is 5.82 Å². The van der Waals surface area contributed by atoms with Crippen molar-refractivity contribution < 1.29 is 37.0 Å². The molecule has 0 radical (unpaired) electrons. The van der Waals surface area contributed by atoms with Crippen molar-refractivity contribution in [3.8, 4) is 0 Å². The molecule has 162 valence electrons. The van der Waals surface area contributed by atoms with Gasteiger partial charge in [0.25, 0.3) is 11.8 Å². The molecule has 1 fully saturated rings. The number of halogens is 5. The molecule has 1 aliphatic rings. The Kier molecular flexibility index (Phi) is 6.46. The highest BCUT2D eigenvalue weighted by molar-refractivity contribution is 6.29. The van der Waals surface area contributed by atoms with Crippen LogP contribution in [0.4, 0.5) is 17.6 Å². The summed E-state index contributed by atoms with van der Waals surface area (Å²) >= 11 is 5.64. The van der Waals surface area contributed by atoms with E-state index in [2.05, 4.69) is 15.0 Å². The average Bonchev–Trinajstić information content (AvgIpc) is 2.58. The van der Waals surface area contributed by atoms with E-state index in [9.17, 15) is 32.3 Å². The smallest absolute Gasteiger partial charge is 0.384 e. The summed E-state index contributed by atoms with van der Waals surface area (Å²) in [7, 11) is 0. The normalized spacial score (nSPS) is 17.5. The summed E-state index contributed by atoms with van der Waals surface area (Å²) in [5.74, 6) is -2.48. The van der Waals surface area contributed by atoms with Gasteiger partial charge in [0.05, 0.1) is 30.9 Å². The Bertz CT molecular complexity index is 797. The molecule has 29 heavy (non-hydrogen) atoms. The van der Waals surface area contributed by atoms with Crippen molar-refractivity contribution in [3.05, 3.63) is 28.8 Å². The predicted molar refractivity (Wildman–Crippen MR) is 93.7 cm³/mol. The fraction of sp³-hybridized carbons (Fsp3) is 0.588. The number of hydrogen-bond donors (Lipinski definition) is 2. The van der Waals surface area contributed by atoms with Crippen molar-refractivity contribution in [1.82, 2.24) is 15.2 Å². The van der Waals surface area contributed by atoms with Gasteiger partial charge < -0.3 is 20.1 Å². The summed E-state index contributed by atoms with van der Waals surface area (Å²) < 4.78 is 55.4. The van der Waals surface area contributed by atoms with Gasteiger partial charge in [-0.05, 0) is 26.8 Å². The van der Waals surface area contributed by atoms with Crippen LogP contribution in [0.3, 0.4) is 0 Å². The molecule has 1 saturated heterocycles. The van der Waals surface area contributed by atoms with Crippen molar-refractivity contribution in [1.29, 1.82) is 0 Å². The molecule has 0 aromatic carbocycles. The minimum Gasteiger partial charge on any atom is -0.384 e. The van der Waals surface area contributed by atoms with Crippen molar-refractivity contribution in [3.63, 3.8) is 0 Å². The standard InChI is InChI=1S/C17H20ClF4N3O4/c1-9(24-13(26)10-4-12(18)23-5-11(10)19)16(28)6-25(7-16)14(27)15(2,3)29-8-17(20,21)22/h4-5,9,28H,6-8H2,1-3H3,(H,24,26). The number of carbonyl (C=O) groups excluding carboxylic acids is 2.